The largest absolute Gasteiger partial charge is 0.375 e. The summed E-state index contributed by atoms with van der Waals surface area (Å²) in [7, 11) is 0. The van der Waals surface area contributed by atoms with E-state index in [1.54, 1.807) is 0 Å². The van der Waals surface area contributed by atoms with E-state index in [0.717, 1.165) is 18.7 Å². The molecular weight excluding hydrogens is 236 g/mol. The second kappa shape index (κ2) is 5.01. The molecule has 0 spiro atoms. The third kappa shape index (κ3) is 2.85. The van der Waals surface area contributed by atoms with Gasteiger partial charge in [0, 0.05) is 12.5 Å². The summed E-state index contributed by atoms with van der Waals surface area (Å²) in [5.41, 5.74) is 0. The summed E-state index contributed by atoms with van der Waals surface area (Å²) in [4.78, 5) is 0. The Balaban J connectivity index is 1.87. The number of nitrogens with zero attached hydrogens (tertiary/aromatic N) is 2. The van der Waals surface area contributed by atoms with Gasteiger partial charge < -0.3 is 9.30 Å². The molecule has 1 aromatic heterocycles. The van der Waals surface area contributed by atoms with Gasteiger partial charge in [-0.2, -0.15) is 5.10 Å². The van der Waals surface area contributed by atoms with Crippen molar-refractivity contribution in [3.05, 3.63) is 10.6 Å². The van der Waals surface area contributed by atoms with Crippen molar-refractivity contribution in [1.82, 2.24) is 14.8 Å². The molecular formula is C9H13F2N3OS. The van der Waals surface area contributed by atoms with Gasteiger partial charge in [-0.1, -0.05) is 0 Å². The molecule has 0 amide bonds. The summed E-state index contributed by atoms with van der Waals surface area (Å²) in [6.07, 6.45) is 0.317. The molecule has 1 aliphatic carbocycles. The lowest BCUT2D eigenvalue weighted by atomic mass is 10.4. The number of H-pyrrole nitrogens is 1. The fourth-order valence-electron chi connectivity index (χ4n) is 1.56. The normalized spacial score (nSPS) is 15.9. The van der Waals surface area contributed by atoms with Crippen molar-refractivity contribution in [2.75, 3.05) is 13.2 Å². The summed E-state index contributed by atoms with van der Waals surface area (Å²) in [5, 5.41) is 6.79. The molecule has 1 aromatic rings. The second-order valence-electron chi connectivity index (χ2n) is 3.76. The van der Waals surface area contributed by atoms with Gasteiger partial charge in [0.1, 0.15) is 12.4 Å². The molecule has 1 N–H and O–H groups in total. The van der Waals surface area contributed by atoms with Crippen LogP contribution in [0.1, 0.15) is 24.7 Å². The predicted octanol–water partition coefficient (Wildman–Crippen LogP) is 2.10. The number of rotatable bonds is 6. The number of aromatic nitrogens is 3. The maximum atomic E-state index is 11.8. The van der Waals surface area contributed by atoms with Gasteiger partial charge in [-0.05, 0) is 25.1 Å². The zero-order chi connectivity index (χ0) is 11.5. The zero-order valence-corrected chi connectivity index (χ0v) is 9.47. The predicted molar refractivity (Wildman–Crippen MR) is 56.2 cm³/mol. The molecule has 0 saturated heterocycles. The third-order valence-corrected chi connectivity index (χ3v) is 2.69. The Hall–Kier alpha value is -0.820. The van der Waals surface area contributed by atoms with Gasteiger partial charge in [-0.25, -0.2) is 8.78 Å². The van der Waals surface area contributed by atoms with E-state index in [2.05, 4.69) is 10.2 Å². The smallest absolute Gasteiger partial charge is 0.261 e. The quantitative estimate of drug-likeness (QED) is 0.620. The highest BCUT2D eigenvalue weighted by Gasteiger charge is 2.26. The number of aromatic amines is 1. The van der Waals surface area contributed by atoms with Crippen molar-refractivity contribution >= 4 is 12.2 Å². The standard InChI is InChI=1S/C9H13F2N3OS/c10-7(11)5-15-4-3-8-12-13-9(16)14(8)6-1-2-6/h6-7H,1-5H2,(H,13,16). The van der Waals surface area contributed by atoms with Crippen LogP contribution >= 0.6 is 12.2 Å². The highest BCUT2D eigenvalue weighted by Crippen LogP contribution is 2.35. The van der Waals surface area contributed by atoms with Crippen LogP contribution in [0.25, 0.3) is 0 Å². The summed E-state index contributed by atoms with van der Waals surface area (Å²) < 4.78 is 31.0. The second-order valence-corrected chi connectivity index (χ2v) is 4.15. The zero-order valence-electron chi connectivity index (χ0n) is 8.66. The van der Waals surface area contributed by atoms with E-state index in [4.69, 9.17) is 17.0 Å². The molecule has 0 aliphatic heterocycles. The lowest BCUT2D eigenvalue weighted by molar-refractivity contribution is 0.0181. The van der Waals surface area contributed by atoms with E-state index in [9.17, 15) is 8.78 Å². The van der Waals surface area contributed by atoms with Crippen molar-refractivity contribution in [3.8, 4) is 0 Å². The molecule has 1 saturated carbocycles. The summed E-state index contributed by atoms with van der Waals surface area (Å²) in [5.74, 6) is 0.793. The van der Waals surface area contributed by atoms with Crippen molar-refractivity contribution in [2.24, 2.45) is 0 Å². The number of hydrogen-bond acceptors (Lipinski definition) is 3. The summed E-state index contributed by atoms with van der Waals surface area (Å²) >= 11 is 5.09. The molecule has 0 aromatic carbocycles. The first-order valence-corrected chi connectivity index (χ1v) is 5.61. The Morgan fingerprint density at radius 1 is 1.56 bits per heavy atom. The maximum Gasteiger partial charge on any atom is 0.261 e. The first kappa shape index (κ1) is 11.7. The average molecular weight is 249 g/mol. The average Bonchev–Trinajstić information content (AvgIpc) is 2.99. The minimum Gasteiger partial charge on any atom is -0.375 e. The van der Waals surface area contributed by atoms with Gasteiger partial charge in [0.2, 0.25) is 0 Å². The first-order chi connectivity index (χ1) is 7.68. The van der Waals surface area contributed by atoms with E-state index >= 15 is 0 Å². The van der Waals surface area contributed by atoms with Crippen LogP contribution in [0.3, 0.4) is 0 Å². The maximum absolute atomic E-state index is 11.8. The van der Waals surface area contributed by atoms with Gasteiger partial charge in [0.25, 0.3) is 6.43 Å². The van der Waals surface area contributed by atoms with Crippen LogP contribution < -0.4 is 0 Å². The minimum atomic E-state index is -2.41. The van der Waals surface area contributed by atoms with E-state index in [1.807, 2.05) is 4.57 Å². The van der Waals surface area contributed by atoms with Crippen LogP contribution in [0.15, 0.2) is 0 Å². The fourth-order valence-corrected chi connectivity index (χ4v) is 1.86. The molecule has 0 atom stereocenters. The number of hydrogen-bond donors (Lipinski definition) is 1. The molecule has 0 bridgehead atoms. The van der Waals surface area contributed by atoms with E-state index in [-0.39, 0.29) is 6.61 Å². The Kier molecular flexibility index (Phi) is 3.65. The minimum absolute atomic E-state index is 0.247. The molecule has 1 fully saturated rings. The lowest BCUT2D eigenvalue weighted by Crippen LogP contribution is -2.10. The third-order valence-electron chi connectivity index (χ3n) is 2.40. The van der Waals surface area contributed by atoms with Gasteiger partial charge in [0.05, 0.1) is 6.61 Å². The monoisotopic (exact) mass is 249 g/mol. The van der Waals surface area contributed by atoms with Crippen LogP contribution in [0.2, 0.25) is 0 Å². The molecule has 1 aliphatic rings. The van der Waals surface area contributed by atoms with Crippen molar-refractivity contribution in [2.45, 2.75) is 31.7 Å². The van der Waals surface area contributed by atoms with Gasteiger partial charge >= 0.3 is 0 Å². The topological polar surface area (TPSA) is 42.8 Å². The van der Waals surface area contributed by atoms with E-state index in [1.165, 1.54) is 0 Å². The number of halogens is 2. The molecule has 4 nitrogen and oxygen atoms in total. The van der Waals surface area contributed by atoms with Crippen LogP contribution in [-0.4, -0.2) is 34.4 Å². The van der Waals surface area contributed by atoms with Crippen LogP contribution in [0.5, 0.6) is 0 Å². The van der Waals surface area contributed by atoms with E-state index in [0.29, 0.717) is 17.2 Å². The van der Waals surface area contributed by atoms with Gasteiger partial charge in [0.15, 0.2) is 4.77 Å². The molecule has 90 valence electrons. The number of ether oxygens (including phenoxy) is 1. The molecule has 2 rings (SSSR count). The van der Waals surface area contributed by atoms with Crippen molar-refractivity contribution in [3.63, 3.8) is 0 Å². The highest BCUT2D eigenvalue weighted by molar-refractivity contribution is 7.71. The van der Waals surface area contributed by atoms with Crippen LogP contribution in [0, 0.1) is 4.77 Å². The summed E-state index contributed by atoms with van der Waals surface area (Å²) in [6, 6.07) is 0.441. The van der Waals surface area contributed by atoms with Gasteiger partial charge in [-0.3, -0.25) is 5.10 Å². The van der Waals surface area contributed by atoms with Gasteiger partial charge in [-0.15, -0.1) is 0 Å². The molecule has 16 heavy (non-hydrogen) atoms. The highest BCUT2D eigenvalue weighted by atomic mass is 32.1. The molecule has 1 heterocycles. The van der Waals surface area contributed by atoms with Crippen LogP contribution in [0.4, 0.5) is 8.78 Å². The first-order valence-electron chi connectivity index (χ1n) is 5.20. The number of alkyl halides is 2. The SMILES string of the molecule is FC(F)COCCc1n[nH]c(=S)n1C1CC1. The molecule has 0 radical (unpaired) electrons. The molecule has 7 heteroatoms. The molecule has 0 unspecified atom stereocenters. The summed E-state index contributed by atoms with van der Waals surface area (Å²) in [6.45, 7) is -0.273. The Morgan fingerprint density at radius 2 is 2.31 bits per heavy atom. The van der Waals surface area contributed by atoms with E-state index < -0.39 is 13.0 Å². The van der Waals surface area contributed by atoms with Crippen molar-refractivity contribution in [1.29, 1.82) is 0 Å². The van der Waals surface area contributed by atoms with Crippen LogP contribution in [-0.2, 0) is 11.2 Å². The lowest BCUT2D eigenvalue weighted by Gasteiger charge is -2.05. The Labute approximate surface area is 96.6 Å². The Morgan fingerprint density at radius 3 is 2.94 bits per heavy atom. The number of nitrogens with one attached hydrogen (secondary N) is 1. The van der Waals surface area contributed by atoms with Crippen molar-refractivity contribution < 1.29 is 13.5 Å². The fraction of sp³-hybridized carbons (Fsp3) is 0.778. The Bertz CT molecular complexity index is 400.